The Kier molecular flexibility index (Phi) is 5.52. The van der Waals surface area contributed by atoms with Crippen molar-refractivity contribution in [2.75, 3.05) is 20.8 Å². The van der Waals surface area contributed by atoms with Gasteiger partial charge in [0.1, 0.15) is 11.5 Å². The van der Waals surface area contributed by atoms with Gasteiger partial charge in [0, 0.05) is 6.04 Å². The number of rotatable bonds is 5. The monoisotopic (exact) mass is 263 g/mol. The second kappa shape index (κ2) is 7.39. The van der Waals surface area contributed by atoms with E-state index in [0.717, 1.165) is 17.9 Å². The number of hydrogen-bond acceptors (Lipinski definition) is 3. The Morgan fingerprint density at radius 2 is 2.05 bits per heavy atom. The van der Waals surface area contributed by atoms with Gasteiger partial charge < -0.3 is 14.8 Å². The SMILES string of the molecule is COc1ccc(OC)c(CCC2CCCCCN2)c1. The van der Waals surface area contributed by atoms with Crippen LogP contribution in [0.25, 0.3) is 0 Å². The minimum atomic E-state index is 0.651. The fourth-order valence-corrected chi connectivity index (χ4v) is 2.75. The molecule has 1 aromatic carbocycles. The molecule has 0 bridgehead atoms. The molecule has 0 aliphatic carbocycles. The van der Waals surface area contributed by atoms with Gasteiger partial charge >= 0.3 is 0 Å². The van der Waals surface area contributed by atoms with E-state index in [0.29, 0.717) is 6.04 Å². The molecular weight excluding hydrogens is 238 g/mol. The lowest BCUT2D eigenvalue weighted by molar-refractivity contribution is 0.395. The summed E-state index contributed by atoms with van der Waals surface area (Å²) in [6, 6.07) is 6.69. The minimum absolute atomic E-state index is 0.651. The zero-order chi connectivity index (χ0) is 13.5. The minimum Gasteiger partial charge on any atom is -0.497 e. The second-order valence-corrected chi connectivity index (χ2v) is 5.22. The van der Waals surface area contributed by atoms with E-state index < -0.39 is 0 Å². The topological polar surface area (TPSA) is 30.5 Å². The first-order valence-corrected chi connectivity index (χ1v) is 7.28. The van der Waals surface area contributed by atoms with Crippen molar-refractivity contribution in [1.29, 1.82) is 0 Å². The second-order valence-electron chi connectivity index (χ2n) is 5.22. The number of hydrogen-bond donors (Lipinski definition) is 1. The van der Waals surface area contributed by atoms with Crippen LogP contribution in [0.15, 0.2) is 18.2 Å². The molecule has 1 N–H and O–H groups in total. The predicted octanol–water partition coefficient (Wildman–Crippen LogP) is 3.17. The van der Waals surface area contributed by atoms with Crippen molar-refractivity contribution in [2.45, 2.75) is 44.6 Å². The summed E-state index contributed by atoms with van der Waals surface area (Å²) >= 11 is 0. The first-order chi connectivity index (χ1) is 9.33. The van der Waals surface area contributed by atoms with Crippen LogP contribution in [0.4, 0.5) is 0 Å². The molecule has 3 heteroatoms. The highest BCUT2D eigenvalue weighted by Crippen LogP contribution is 2.26. The van der Waals surface area contributed by atoms with Crippen LogP contribution in [0.1, 0.15) is 37.7 Å². The molecule has 0 radical (unpaired) electrons. The van der Waals surface area contributed by atoms with E-state index in [1.807, 2.05) is 12.1 Å². The summed E-state index contributed by atoms with van der Waals surface area (Å²) in [5.74, 6) is 1.87. The molecule has 0 saturated carbocycles. The summed E-state index contributed by atoms with van der Waals surface area (Å²) in [6.07, 6.45) is 7.55. The fourth-order valence-electron chi connectivity index (χ4n) is 2.75. The van der Waals surface area contributed by atoms with Crippen LogP contribution < -0.4 is 14.8 Å². The van der Waals surface area contributed by atoms with Gasteiger partial charge in [0.15, 0.2) is 0 Å². The lowest BCUT2D eigenvalue weighted by atomic mass is 10.0. The summed E-state index contributed by atoms with van der Waals surface area (Å²) in [5.41, 5.74) is 1.24. The summed E-state index contributed by atoms with van der Waals surface area (Å²) < 4.78 is 10.7. The zero-order valence-corrected chi connectivity index (χ0v) is 12.1. The summed E-state index contributed by atoms with van der Waals surface area (Å²) in [7, 11) is 3.44. The van der Waals surface area contributed by atoms with Gasteiger partial charge in [0.25, 0.3) is 0 Å². The van der Waals surface area contributed by atoms with E-state index in [9.17, 15) is 0 Å². The van der Waals surface area contributed by atoms with Gasteiger partial charge in [0.2, 0.25) is 0 Å². The van der Waals surface area contributed by atoms with Gasteiger partial charge in [-0.2, -0.15) is 0 Å². The molecule has 1 aromatic rings. The van der Waals surface area contributed by atoms with E-state index in [1.165, 1.54) is 44.2 Å². The Labute approximate surface area is 116 Å². The number of nitrogens with one attached hydrogen (secondary N) is 1. The maximum absolute atomic E-state index is 5.43. The molecule has 0 spiro atoms. The Hall–Kier alpha value is -1.22. The molecule has 1 unspecified atom stereocenters. The van der Waals surface area contributed by atoms with Crippen molar-refractivity contribution in [3.8, 4) is 11.5 Å². The van der Waals surface area contributed by atoms with Crippen LogP contribution in [0.5, 0.6) is 11.5 Å². The predicted molar refractivity (Wildman–Crippen MR) is 78.1 cm³/mol. The Bertz CT molecular complexity index is 384. The van der Waals surface area contributed by atoms with E-state index in [4.69, 9.17) is 9.47 Å². The van der Waals surface area contributed by atoms with Gasteiger partial charge in [-0.15, -0.1) is 0 Å². The Morgan fingerprint density at radius 1 is 1.16 bits per heavy atom. The molecule has 1 atom stereocenters. The van der Waals surface area contributed by atoms with Gasteiger partial charge in [-0.3, -0.25) is 0 Å². The summed E-state index contributed by atoms with van der Waals surface area (Å²) in [5, 5.41) is 3.65. The third-order valence-electron chi connectivity index (χ3n) is 3.91. The molecule has 1 aliphatic rings. The van der Waals surface area contributed by atoms with Gasteiger partial charge in [-0.05, 0) is 56.0 Å². The number of benzene rings is 1. The maximum atomic E-state index is 5.43. The van der Waals surface area contributed by atoms with Gasteiger partial charge in [-0.1, -0.05) is 12.8 Å². The lowest BCUT2D eigenvalue weighted by Gasteiger charge is -2.17. The van der Waals surface area contributed by atoms with Crippen LogP contribution in [0, 0.1) is 0 Å². The Morgan fingerprint density at radius 3 is 2.84 bits per heavy atom. The third-order valence-corrected chi connectivity index (χ3v) is 3.91. The van der Waals surface area contributed by atoms with Crippen LogP contribution in [-0.4, -0.2) is 26.8 Å². The van der Waals surface area contributed by atoms with Crippen molar-refractivity contribution in [1.82, 2.24) is 5.32 Å². The van der Waals surface area contributed by atoms with Gasteiger partial charge in [-0.25, -0.2) is 0 Å². The Balaban J connectivity index is 1.96. The zero-order valence-electron chi connectivity index (χ0n) is 12.1. The third kappa shape index (κ3) is 4.13. The van der Waals surface area contributed by atoms with Crippen LogP contribution >= 0.6 is 0 Å². The fraction of sp³-hybridized carbons (Fsp3) is 0.625. The van der Waals surface area contributed by atoms with E-state index >= 15 is 0 Å². The number of aryl methyl sites for hydroxylation is 1. The van der Waals surface area contributed by atoms with Gasteiger partial charge in [0.05, 0.1) is 14.2 Å². The molecule has 1 saturated heterocycles. The highest BCUT2D eigenvalue weighted by molar-refractivity contribution is 5.40. The molecule has 0 amide bonds. The maximum Gasteiger partial charge on any atom is 0.122 e. The van der Waals surface area contributed by atoms with Crippen LogP contribution in [0.2, 0.25) is 0 Å². The quantitative estimate of drug-likeness (QED) is 0.885. The van der Waals surface area contributed by atoms with Crippen molar-refractivity contribution in [3.05, 3.63) is 23.8 Å². The molecule has 106 valence electrons. The molecule has 19 heavy (non-hydrogen) atoms. The molecule has 2 rings (SSSR count). The number of ether oxygens (including phenoxy) is 2. The number of methoxy groups -OCH3 is 2. The molecule has 1 heterocycles. The van der Waals surface area contributed by atoms with Crippen LogP contribution in [0.3, 0.4) is 0 Å². The van der Waals surface area contributed by atoms with Crippen molar-refractivity contribution in [2.24, 2.45) is 0 Å². The highest BCUT2D eigenvalue weighted by Gasteiger charge is 2.13. The molecule has 1 aliphatic heterocycles. The van der Waals surface area contributed by atoms with E-state index in [-0.39, 0.29) is 0 Å². The lowest BCUT2D eigenvalue weighted by Crippen LogP contribution is -2.28. The smallest absolute Gasteiger partial charge is 0.122 e. The average molecular weight is 263 g/mol. The average Bonchev–Trinajstić information content (AvgIpc) is 2.73. The van der Waals surface area contributed by atoms with E-state index in [2.05, 4.69) is 11.4 Å². The molecule has 0 aromatic heterocycles. The first kappa shape index (κ1) is 14.2. The normalized spacial score (nSPS) is 19.8. The van der Waals surface area contributed by atoms with Crippen molar-refractivity contribution >= 4 is 0 Å². The summed E-state index contributed by atoms with van der Waals surface area (Å²) in [6.45, 7) is 1.17. The standard InChI is InChI=1S/C16H25NO2/c1-18-15-9-10-16(19-2)13(12-15)7-8-14-6-4-3-5-11-17-14/h9-10,12,14,17H,3-8,11H2,1-2H3. The molecule has 3 nitrogen and oxygen atoms in total. The van der Waals surface area contributed by atoms with Crippen molar-refractivity contribution < 1.29 is 9.47 Å². The first-order valence-electron chi connectivity index (χ1n) is 7.28. The molecular formula is C16H25NO2. The summed E-state index contributed by atoms with van der Waals surface area (Å²) in [4.78, 5) is 0. The molecule has 1 fully saturated rings. The van der Waals surface area contributed by atoms with Crippen LogP contribution in [-0.2, 0) is 6.42 Å². The van der Waals surface area contributed by atoms with Crippen molar-refractivity contribution in [3.63, 3.8) is 0 Å². The largest absolute Gasteiger partial charge is 0.497 e. The highest BCUT2D eigenvalue weighted by atomic mass is 16.5. The van der Waals surface area contributed by atoms with E-state index in [1.54, 1.807) is 14.2 Å².